The largest absolute Gasteiger partial charge is 0.462 e. The summed E-state index contributed by atoms with van der Waals surface area (Å²) in [5.41, 5.74) is 6.90. The molecule has 0 saturated carbocycles. The quantitative estimate of drug-likeness (QED) is 0.0561. The third-order valence-electron chi connectivity index (χ3n) is 8.18. The molecule has 5 rings (SSSR count). The second kappa shape index (κ2) is 18.3. The van der Waals surface area contributed by atoms with Gasteiger partial charge in [-0.1, -0.05) is 48.6 Å². The van der Waals surface area contributed by atoms with Gasteiger partial charge in [0.1, 0.15) is 35.4 Å². The van der Waals surface area contributed by atoms with Gasteiger partial charge in [0, 0.05) is 11.8 Å². The number of anilines is 1. The maximum atomic E-state index is 14.5. The number of hydrogen-bond donors (Lipinski definition) is 3. The summed E-state index contributed by atoms with van der Waals surface area (Å²) >= 11 is 0. The van der Waals surface area contributed by atoms with Crippen LogP contribution in [0.5, 0.6) is 11.5 Å². The van der Waals surface area contributed by atoms with Crippen LogP contribution in [0.3, 0.4) is 0 Å². The number of imidazole rings is 1. The Bertz CT molecular complexity index is 2030. The number of nitrogen functional groups attached to an aromatic ring is 1. The molecule has 0 radical (unpaired) electrons. The van der Waals surface area contributed by atoms with Crippen molar-refractivity contribution in [1.29, 1.82) is 0 Å². The zero-order valence-electron chi connectivity index (χ0n) is 31.4. The van der Waals surface area contributed by atoms with Crippen LogP contribution in [0.1, 0.15) is 47.6 Å². The van der Waals surface area contributed by atoms with Gasteiger partial charge < -0.3 is 28.8 Å². The molecule has 2 heterocycles. The number of nitrogens with one attached hydrogen (secondary N) is 2. The van der Waals surface area contributed by atoms with Gasteiger partial charge >= 0.3 is 27.4 Å². The molecule has 0 fully saturated rings. The zero-order chi connectivity index (χ0) is 39.8. The first-order valence-corrected chi connectivity index (χ1v) is 20.8. The predicted molar refractivity (Wildman–Crippen MR) is 204 cm³/mol. The lowest BCUT2D eigenvalue weighted by molar-refractivity contribution is -0.150. The highest BCUT2D eigenvalue weighted by Crippen LogP contribution is 2.50. The Hall–Kier alpha value is -4.63. The molecule has 296 valence electrons. The molecule has 55 heavy (non-hydrogen) atoms. The van der Waals surface area contributed by atoms with Crippen LogP contribution in [0.25, 0.3) is 11.2 Å². The molecule has 0 spiro atoms. The number of carbonyl (C=O) groups is 2. The minimum absolute atomic E-state index is 0.181. The van der Waals surface area contributed by atoms with E-state index in [0.717, 1.165) is 0 Å². The van der Waals surface area contributed by atoms with E-state index in [2.05, 4.69) is 25.1 Å². The first-order valence-electron chi connectivity index (χ1n) is 17.7. The van der Waals surface area contributed by atoms with Crippen LogP contribution in [-0.2, 0) is 37.2 Å². The highest BCUT2D eigenvalue weighted by Gasteiger charge is 2.41. The molecule has 1 aliphatic carbocycles. The molecular formula is C36H47N7O10P2. The Morgan fingerprint density at radius 1 is 0.745 bits per heavy atom. The molecule has 2 aromatic heterocycles. The summed E-state index contributed by atoms with van der Waals surface area (Å²) in [6, 6.07) is 14.1. The molecule has 0 unspecified atom stereocenters. The molecule has 0 amide bonds. The molecule has 0 aliphatic heterocycles. The third kappa shape index (κ3) is 11.2. The number of hydrogen-bond acceptors (Lipinski definition) is 14. The van der Waals surface area contributed by atoms with Crippen LogP contribution in [0.15, 0.2) is 85.5 Å². The maximum absolute atomic E-state index is 14.5. The average molecular weight is 800 g/mol. The van der Waals surface area contributed by atoms with Crippen molar-refractivity contribution in [2.45, 2.75) is 71.9 Å². The molecule has 0 bridgehead atoms. The van der Waals surface area contributed by atoms with Crippen LogP contribution in [-0.4, -0.2) is 69.0 Å². The Morgan fingerprint density at radius 3 is 1.76 bits per heavy atom. The molecule has 4 aromatic rings. The van der Waals surface area contributed by atoms with Crippen LogP contribution < -0.4 is 25.0 Å². The van der Waals surface area contributed by atoms with Gasteiger partial charge in [0.15, 0.2) is 11.5 Å². The Kier molecular flexibility index (Phi) is 13.8. The highest BCUT2D eigenvalue weighted by atomic mass is 31.2. The van der Waals surface area contributed by atoms with E-state index < -0.39 is 69.6 Å². The van der Waals surface area contributed by atoms with Crippen LogP contribution >= 0.6 is 15.5 Å². The lowest BCUT2D eigenvalue weighted by Gasteiger charge is -2.30. The zero-order valence-corrected chi connectivity index (χ0v) is 33.2. The van der Waals surface area contributed by atoms with Crippen molar-refractivity contribution in [3.05, 3.63) is 85.5 Å². The summed E-state index contributed by atoms with van der Waals surface area (Å²) in [5, 5.41) is 5.41. The van der Waals surface area contributed by atoms with Gasteiger partial charge in [0.25, 0.3) is 0 Å². The second-order valence-corrected chi connectivity index (χ2v) is 16.7. The molecule has 2 aromatic carbocycles. The summed E-state index contributed by atoms with van der Waals surface area (Å²) in [7, 11) is -8.57. The monoisotopic (exact) mass is 799 g/mol. The van der Waals surface area contributed by atoms with Crippen molar-refractivity contribution in [3.8, 4) is 11.5 Å². The third-order valence-corrected chi connectivity index (χ3v) is 11.5. The number of nitrogens with zero attached hydrogens (tertiary/aromatic N) is 4. The van der Waals surface area contributed by atoms with Crippen LogP contribution in [0, 0.1) is 11.8 Å². The first kappa shape index (κ1) is 41.5. The maximum Gasteiger partial charge on any atom is 0.459 e. The SMILES string of the molecule is CC(C)OC(=O)[C@H](C)N[P@](=O)(OC[C@@H]1[C@@H](CO[P@@](=O)(N[C@@H](C)C(=O)OC(C)C)Oc2ccccc2)C=C[C@H]1n1cnc2c(N)ncnc21)Oc1ccccc1. The Balaban J connectivity index is 1.45. The van der Waals surface area contributed by atoms with Crippen molar-refractivity contribution in [2.75, 3.05) is 18.9 Å². The smallest absolute Gasteiger partial charge is 0.459 e. The molecule has 17 nitrogen and oxygen atoms in total. The van der Waals surface area contributed by atoms with E-state index in [-0.39, 0.29) is 30.5 Å². The van der Waals surface area contributed by atoms with E-state index in [9.17, 15) is 18.7 Å². The summed E-state index contributed by atoms with van der Waals surface area (Å²) in [6.45, 7) is 9.32. The molecule has 0 saturated heterocycles. The number of fused-ring (bicyclic) bond motifs is 1. The number of esters is 2. The van der Waals surface area contributed by atoms with Crippen molar-refractivity contribution in [2.24, 2.45) is 11.8 Å². The van der Waals surface area contributed by atoms with Gasteiger partial charge in [0.2, 0.25) is 0 Å². The van der Waals surface area contributed by atoms with Gasteiger partial charge in [-0.3, -0.25) is 18.6 Å². The van der Waals surface area contributed by atoms with E-state index in [1.54, 1.807) is 99.3 Å². The molecular weight excluding hydrogens is 752 g/mol. The van der Waals surface area contributed by atoms with E-state index in [1.165, 1.54) is 20.2 Å². The van der Waals surface area contributed by atoms with E-state index in [4.69, 9.17) is 33.3 Å². The Morgan fingerprint density at radius 2 is 1.25 bits per heavy atom. The van der Waals surface area contributed by atoms with Gasteiger partial charge in [0.05, 0.1) is 37.8 Å². The normalized spacial score (nSPS) is 20.1. The minimum Gasteiger partial charge on any atom is -0.462 e. The number of aromatic nitrogens is 4. The van der Waals surface area contributed by atoms with Crippen molar-refractivity contribution in [1.82, 2.24) is 29.7 Å². The molecule has 7 atom stereocenters. The predicted octanol–water partition coefficient (Wildman–Crippen LogP) is 6.02. The lowest BCUT2D eigenvalue weighted by Crippen LogP contribution is -2.37. The summed E-state index contributed by atoms with van der Waals surface area (Å²) in [5.74, 6) is -1.83. The average Bonchev–Trinajstić information content (AvgIpc) is 3.74. The number of rotatable bonds is 19. The lowest BCUT2D eigenvalue weighted by atomic mass is 9.94. The summed E-state index contributed by atoms with van der Waals surface area (Å²) < 4.78 is 65.2. The number of benzene rings is 2. The van der Waals surface area contributed by atoms with Gasteiger partial charge in [-0.25, -0.2) is 24.1 Å². The van der Waals surface area contributed by atoms with Gasteiger partial charge in [-0.2, -0.15) is 10.2 Å². The number of ether oxygens (including phenoxy) is 2. The van der Waals surface area contributed by atoms with Crippen LogP contribution in [0.4, 0.5) is 5.82 Å². The van der Waals surface area contributed by atoms with Gasteiger partial charge in [-0.05, 0) is 65.8 Å². The second-order valence-electron chi connectivity index (χ2n) is 13.4. The highest BCUT2D eigenvalue weighted by molar-refractivity contribution is 7.52. The summed E-state index contributed by atoms with van der Waals surface area (Å²) in [4.78, 5) is 38.4. The van der Waals surface area contributed by atoms with Crippen LogP contribution in [0.2, 0.25) is 0 Å². The minimum atomic E-state index is -4.31. The van der Waals surface area contributed by atoms with Crippen molar-refractivity contribution in [3.63, 3.8) is 0 Å². The van der Waals surface area contributed by atoms with E-state index in [0.29, 0.717) is 11.2 Å². The Labute approximate surface area is 319 Å². The van der Waals surface area contributed by atoms with Gasteiger partial charge in [-0.15, -0.1) is 0 Å². The fourth-order valence-corrected chi connectivity index (χ4v) is 8.68. The summed E-state index contributed by atoms with van der Waals surface area (Å²) in [6.07, 6.45) is 5.74. The number of carbonyl (C=O) groups excluding carboxylic acids is 2. The fraction of sp³-hybridized carbons (Fsp3) is 0.417. The van der Waals surface area contributed by atoms with E-state index in [1.807, 2.05) is 12.2 Å². The molecule has 19 heteroatoms. The number of allylic oxidation sites excluding steroid dienone is 1. The standard InChI is InChI=1S/C36H47N7O10P2/c1-23(2)50-35(44)25(5)41-54(46,52-28-13-9-7-10-14-28)48-19-27-17-18-31(43-22-40-32-33(37)38-21-39-34(32)43)30(27)20-49-55(47,53-29-15-11-8-12-16-29)42-26(6)36(45)51-24(3)4/h7-18,21-27,30-31H,19-20H2,1-6H3,(H,41,46)(H,42,47)(H2,37,38,39)/t25-,26-,27+,30+,31+,54-,55-/m0/s1. The topological polar surface area (TPSA) is 217 Å². The van der Waals surface area contributed by atoms with Crippen molar-refractivity contribution >= 4 is 44.4 Å². The fourth-order valence-electron chi connectivity index (χ4n) is 5.62. The van der Waals surface area contributed by atoms with E-state index >= 15 is 0 Å². The number of nitrogens with two attached hydrogens (primary N) is 1. The first-order chi connectivity index (χ1) is 26.1. The number of para-hydroxylation sites is 2. The van der Waals surface area contributed by atoms with Crippen molar-refractivity contribution < 1.29 is 46.3 Å². The molecule has 4 N–H and O–H groups in total. The molecule has 1 aliphatic rings.